The molecule has 4 nitrogen and oxygen atoms in total. The van der Waals surface area contributed by atoms with Crippen molar-refractivity contribution in [3.05, 3.63) is 77.3 Å². The topological polar surface area (TPSA) is 46.9 Å². The Morgan fingerprint density at radius 2 is 1.88 bits per heavy atom. The first-order valence-corrected chi connectivity index (χ1v) is 9.22. The molecule has 1 amide bonds. The number of carbonyl (C=O) groups excluding carboxylic acids is 1. The van der Waals surface area contributed by atoms with Crippen LogP contribution in [-0.4, -0.2) is 21.2 Å². The van der Waals surface area contributed by atoms with Gasteiger partial charge in [-0.25, -0.2) is 4.98 Å². The molecule has 1 heterocycles. The summed E-state index contributed by atoms with van der Waals surface area (Å²) in [5.41, 5.74) is 2.12. The molecule has 0 atom stereocenters. The molecule has 25 heavy (non-hydrogen) atoms. The van der Waals surface area contributed by atoms with Gasteiger partial charge in [0.25, 0.3) is 0 Å². The van der Waals surface area contributed by atoms with Crippen molar-refractivity contribution in [3.8, 4) is 5.69 Å². The van der Waals surface area contributed by atoms with Crippen molar-refractivity contribution in [2.45, 2.75) is 18.4 Å². The normalized spacial score (nSPS) is 10.6. The number of amides is 1. The molecule has 0 unspecified atom stereocenters. The zero-order valence-corrected chi connectivity index (χ0v) is 15.3. The third-order valence-electron chi connectivity index (χ3n) is 3.71. The highest BCUT2D eigenvalue weighted by atomic mass is 35.5. The van der Waals surface area contributed by atoms with E-state index in [1.807, 2.05) is 66.2 Å². The quantitative estimate of drug-likeness (QED) is 0.659. The fourth-order valence-electron chi connectivity index (χ4n) is 2.36. The molecule has 0 fully saturated rings. The van der Waals surface area contributed by atoms with Crippen LogP contribution in [0.4, 0.5) is 0 Å². The highest BCUT2D eigenvalue weighted by molar-refractivity contribution is 8.00. The van der Waals surface area contributed by atoms with Gasteiger partial charge in [0.1, 0.15) is 5.82 Å². The number of aryl methyl sites for hydroxylation is 1. The minimum atomic E-state index is 0.00878. The SMILES string of the molecule is Cc1nccn1-c1ccc(CNC(=O)CSc2ccc(Cl)cc2)cc1. The van der Waals surface area contributed by atoms with Gasteiger partial charge >= 0.3 is 0 Å². The van der Waals surface area contributed by atoms with Gasteiger partial charge < -0.3 is 9.88 Å². The number of carbonyl (C=O) groups is 1. The Bertz CT molecular complexity index is 844. The summed E-state index contributed by atoms with van der Waals surface area (Å²) < 4.78 is 2.02. The van der Waals surface area contributed by atoms with Crippen molar-refractivity contribution >= 4 is 29.3 Å². The first kappa shape index (κ1) is 17.6. The molecule has 0 radical (unpaired) electrons. The Kier molecular flexibility index (Phi) is 5.79. The number of rotatable bonds is 6. The van der Waals surface area contributed by atoms with E-state index in [1.165, 1.54) is 11.8 Å². The smallest absolute Gasteiger partial charge is 0.230 e. The van der Waals surface area contributed by atoms with E-state index in [0.717, 1.165) is 22.0 Å². The summed E-state index contributed by atoms with van der Waals surface area (Å²) in [4.78, 5) is 17.2. The van der Waals surface area contributed by atoms with Gasteiger partial charge in [0.15, 0.2) is 0 Å². The summed E-state index contributed by atoms with van der Waals surface area (Å²) in [6, 6.07) is 15.6. The minimum absolute atomic E-state index is 0.00878. The summed E-state index contributed by atoms with van der Waals surface area (Å²) in [5, 5.41) is 3.64. The molecule has 128 valence electrons. The number of hydrogen-bond donors (Lipinski definition) is 1. The third-order valence-corrected chi connectivity index (χ3v) is 4.98. The lowest BCUT2D eigenvalue weighted by molar-refractivity contribution is -0.118. The Labute approximate surface area is 156 Å². The van der Waals surface area contributed by atoms with Crippen LogP contribution in [0.5, 0.6) is 0 Å². The van der Waals surface area contributed by atoms with Gasteiger partial charge in [-0.2, -0.15) is 0 Å². The van der Waals surface area contributed by atoms with Crippen LogP contribution < -0.4 is 5.32 Å². The van der Waals surface area contributed by atoms with Crippen molar-refractivity contribution in [2.24, 2.45) is 0 Å². The van der Waals surface area contributed by atoms with Crippen LogP contribution in [0, 0.1) is 6.92 Å². The number of imidazole rings is 1. The zero-order chi connectivity index (χ0) is 17.6. The summed E-state index contributed by atoms with van der Waals surface area (Å²) in [5.74, 6) is 1.34. The van der Waals surface area contributed by atoms with Crippen LogP contribution in [0.3, 0.4) is 0 Å². The van der Waals surface area contributed by atoms with E-state index in [0.29, 0.717) is 17.3 Å². The highest BCUT2D eigenvalue weighted by Gasteiger charge is 2.04. The van der Waals surface area contributed by atoms with Gasteiger partial charge in [-0.05, 0) is 48.9 Å². The van der Waals surface area contributed by atoms with Crippen molar-refractivity contribution < 1.29 is 4.79 Å². The Morgan fingerprint density at radius 1 is 1.16 bits per heavy atom. The van der Waals surface area contributed by atoms with Crippen LogP contribution in [0.2, 0.25) is 5.02 Å². The molecule has 0 saturated carbocycles. The highest BCUT2D eigenvalue weighted by Crippen LogP contribution is 2.20. The maximum absolute atomic E-state index is 12.0. The van der Waals surface area contributed by atoms with Gasteiger partial charge in [0, 0.05) is 34.5 Å². The Balaban J connectivity index is 1.48. The predicted octanol–water partition coefficient (Wildman–Crippen LogP) is 4.24. The van der Waals surface area contributed by atoms with Crippen LogP contribution in [0.1, 0.15) is 11.4 Å². The molecule has 2 aromatic carbocycles. The number of aromatic nitrogens is 2. The summed E-state index contributed by atoms with van der Waals surface area (Å²) in [6.07, 6.45) is 3.71. The monoisotopic (exact) mass is 371 g/mol. The summed E-state index contributed by atoms with van der Waals surface area (Å²) >= 11 is 7.34. The maximum atomic E-state index is 12.0. The second-order valence-corrected chi connectivity index (χ2v) is 7.02. The molecule has 3 aromatic rings. The lowest BCUT2D eigenvalue weighted by Gasteiger charge is -2.08. The van der Waals surface area contributed by atoms with Crippen molar-refractivity contribution in [1.29, 1.82) is 0 Å². The summed E-state index contributed by atoms with van der Waals surface area (Å²) in [6.45, 7) is 2.48. The molecule has 0 aliphatic carbocycles. The second kappa shape index (κ2) is 8.23. The fourth-order valence-corrected chi connectivity index (χ4v) is 3.21. The number of hydrogen-bond acceptors (Lipinski definition) is 3. The maximum Gasteiger partial charge on any atom is 0.230 e. The molecule has 0 aliphatic heterocycles. The van der Waals surface area contributed by atoms with Crippen molar-refractivity contribution in [2.75, 3.05) is 5.75 Å². The van der Waals surface area contributed by atoms with E-state index in [9.17, 15) is 4.79 Å². The molecule has 0 saturated heterocycles. The van der Waals surface area contributed by atoms with Crippen LogP contribution >= 0.6 is 23.4 Å². The molecule has 0 bridgehead atoms. The standard InChI is InChI=1S/C19H18ClN3OS/c1-14-21-10-11-23(14)17-6-2-15(3-7-17)12-22-19(24)13-25-18-8-4-16(20)5-9-18/h2-11H,12-13H2,1H3,(H,22,24). The fraction of sp³-hybridized carbons (Fsp3) is 0.158. The zero-order valence-electron chi connectivity index (χ0n) is 13.8. The van der Waals surface area contributed by atoms with E-state index in [-0.39, 0.29) is 5.91 Å². The van der Waals surface area contributed by atoms with Crippen LogP contribution in [0.25, 0.3) is 5.69 Å². The number of halogens is 1. The molecular weight excluding hydrogens is 354 g/mol. The Morgan fingerprint density at radius 3 is 2.52 bits per heavy atom. The lowest BCUT2D eigenvalue weighted by Crippen LogP contribution is -2.24. The van der Waals surface area contributed by atoms with E-state index in [1.54, 1.807) is 6.20 Å². The molecule has 1 aromatic heterocycles. The average molecular weight is 372 g/mol. The molecule has 0 spiro atoms. The first-order chi connectivity index (χ1) is 12.1. The molecule has 6 heteroatoms. The van der Waals surface area contributed by atoms with Gasteiger partial charge in [0.2, 0.25) is 5.91 Å². The number of nitrogens with one attached hydrogen (secondary N) is 1. The van der Waals surface area contributed by atoms with Gasteiger partial charge in [0.05, 0.1) is 5.75 Å². The molecule has 0 aliphatic rings. The first-order valence-electron chi connectivity index (χ1n) is 7.86. The molecule has 3 rings (SSSR count). The lowest BCUT2D eigenvalue weighted by atomic mass is 10.2. The van der Waals surface area contributed by atoms with Crippen molar-refractivity contribution in [1.82, 2.24) is 14.9 Å². The number of thioether (sulfide) groups is 1. The van der Waals surface area contributed by atoms with Gasteiger partial charge in [-0.15, -0.1) is 11.8 Å². The predicted molar refractivity (Wildman–Crippen MR) is 102 cm³/mol. The summed E-state index contributed by atoms with van der Waals surface area (Å²) in [7, 11) is 0. The second-order valence-electron chi connectivity index (χ2n) is 5.53. The number of nitrogens with zero attached hydrogens (tertiary/aromatic N) is 2. The van der Waals surface area contributed by atoms with E-state index < -0.39 is 0 Å². The Hall–Kier alpha value is -2.24. The average Bonchev–Trinajstić information content (AvgIpc) is 3.06. The van der Waals surface area contributed by atoms with Gasteiger partial charge in [-0.1, -0.05) is 23.7 Å². The largest absolute Gasteiger partial charge is 0.351 e. The third kappa shape index (κ3) is 4.87. The van der Waals surface area contributed by atoms with Crippen LogP contribution in [-0.2, 0) is 11.3 Å². The van der Waals surface area contributed by atoms with Crippen molar-refractivity contribution in [3.63, 3.8) is 0 Å². The van der Waals surface area contributed by atoms with Crippen LogP contribution in [0.15, 0.2) is 65.8 Å². The van der Waals surface area contributed by atoms with E-state index in [4.69, 9.17) is 11.6 Å². The molecular formula is C19H18ClN3OS. The number of benzene rings is 2. The molecule has 1 N–H and O–H groups in total. The van der Waals surface area contributed by atoms with E-state index >= 15 is 0 Å². The minimum Gasteiger partial charge on any atom is -0.351 e. The van der Waals surface area contributed by atoms with E-state index in [2.05, 4.69) is 10.3 Å². The van der Waals surface area contributed by atoms with Gasteiger partial charge in [-0.3, -0.25) is 4.79 Å².